The molecule has 2 unspecified atom stereocenters. The SMILES string of the molecule is CCCCCCCCCCCCCCCCCCCCCC(=O)O[C@H](COC(=O)CCCCCCCCCCCCCCCCCCC)COP(=O)(O)OC[C@@H](O)COP(=O)(O)OC[C@@H](COC(=O)CCCCCCCCCCC)OC(=O)CCCCCCCCCCC(C)C. The molecular formula is C77H150O17P2. The van der Waals surface area contributed by atoms with Crippen LogP contribution in [0.4, 0.5) is 0 Å². The molecule has 0 saturated carbocycles. The standard InChI is InChI=1S/C77H150O17P2/c1-6-9-12-15-18-21-23-25-27-29-30-32-34-36-38-41-47-52-57-62-76(81)93-72(67-88-75(80)61-56-51-46-40-37-35-33-31-28-26-24-22-19-16-13-10-7-2)68-91-95(83,84)89-64-71(78)65-90-96(85,86)92-69-73(66-87-74(79)60-55-50-45-39-20-17-14-11-8-3)94-77(82)63-58-53-48-43-42-44-49-54-59-70(4)5/h70-73,78H,6-69H2,1-5H3,(H,83,84)(H,85,86)/t71-,72-,73-/m1/s1. The molecule has 0 aromatic heterocycles. The summed E-state index contributed by atoms with van der Waals surface area (Å²) < 4.78 is 68.5. The van der Waals surface area contributed by atoms with Gasteiger partial charge >= 0.3 is 39.5 Å². The Hall–Kier alpha value is -1.94. The van der Waals surface area contributed by atoms with E-state index >= 15 is 0 Å². The molecule has 0 aliphatic heterocycles. The Morgan fingerprint density at radius 1 is 0.281 bits per heavy atom. The van der Waals surface area contributed by atoms with Gasteiger partial charge in [-0.3, -0.25) is 37.3 Å². The van der Waals surface area contributed by atoms with Crippen LogP contribution in [0.3, 0.4) is 0 Å². The lowest BCUT2D eigenvalue weighted by molar-refractivity contribution is -0.161. The normalized spacial score (nSPS) is 13.9. The molecule has 3 N–H and O–H groups in total. The van der Waals surface area contributed by atoms with Gasteiger partial charge in [-0.1, -0.05) is 356 Å². The molecule has 96 heavy (non-hydrogen) atoms. The Labute approximate surface area is 588 Å². The van der Waals surface area contributed by atoms with Gasteiger partial charge in [0.2, 0.25) is 0 Å². The Bertz CT molecular complexity index is 1840. The summed E-state index contributed by atoms with van der Waals surface area (Å²) in [5.41, 5.74) is 0. The summed E-state index contributed by atoms with van der Waals surface area (Å²) in [6.45, 7) is 7.24. The third-order valence-electron chi connectivity index (χ3n) is 18.0. The minimum Gasteiger partial charge on any atom is -0.462 e. The summed E-state index contributed by atoms with van der Waals surface area (Å²) in [5.74, 6) is -1.40. The largest absolute Gasteiger partial charge is 0.472 e. The number of hydrogen-bond donors (Lipinski definition) is 3. The van der Waals surface area contributed by atoms with E-state index in [0.29, 0.717) is 25.7 Å². The van der Waals surface area contributed by atoms with Gasteiger partial charge in [-0.2, -0.15) is 0 Å². The van der Waals surface area contributed by atoms with Crippen LogP contribution in [0.1, 0.15) is 407 Å². The molecule has 0 aromatic carbocycles. The van der Waals surface area contributed by atoms with Crippen molar-refractivity contribution in [2.45, 2.75) is 425 Å². The predicted octanol–water partition coefficient (Wildman–Crippen LogP) is 22.9. The third-order valence-corrected chi connectivity index (χ3v) is 19.9. The fraction of sp³-hybridized carbons (Fsp3) is 0.948. The molecular weight excluding hydrogens is 1260 g/mol. The van der Waals surface area contributed by atoms with Crippen molar-refractivity contribution in [2.24, 2.45) is 5.92 Å². The first kappa shape index (κ1) is 94.1. The average molecular weight is 1410 g/mol. The molecule has 0 spiro atoms. The van der Waals surface area contributed by atoms with Crippen LogP contribution in [0.5, 0.6) is 0 Å². The van der Waals surface area contributed by atoms with Crippen molar-refractivity contribution in [1.82, 2.24) is 0 Å². The van der Waals surface area contributed by atoms with Crippen LogP contribution < -0.4 is 0 Å². The Balaban J connectivity index is 5.20. The molecule has 0 bridgehead atoms. The van der Waals surface area contributed by atoms with Crippen molar-refractivity contribution >= 4 is 39.5 Å². The van der Waals surface area contributed by atoms with E-state index in [1.807, 2.05) is 0 Å². The van der Waals surface area contributed by atoms with Crippen LogP contribution in [0.2, 0.25) is 0 Å². The first-order chi connectivity index (χ1) is 46.5. The topological polar surface area (TPSA) is 237 Å². The van der Waals surface area contributed by atoms with Crippen molar-refractivity contribution < 1.29 is 80.2 Å². The number of phosphoric acid groups is 2. The minimum atomic E-state index is -4.96. The third kappa shape index (κ3) is 70.5. The van der Waals surface area contributed by atoms with Crippen LogP contribution in [0.15, 0.2) is 0 Å². The van der Waals surface area contributed by atoms with Crippen molar-refractivity contribution in [3.63, 3.8) is 0 Å². The van der Waals surface area contributed by atoms with Gasteiger partial charge < -0.3 is 33.8 Å². The smallest absolute Gasteiger partial charge is 0.462 e. The Morgan fingerprint density at radius 3 is 0.708 bits per heavy atom. The first-order valence-electron chi connectivity index (χ1n) is 40.1. The predicted molar refractivity (Wildman–Crippen MR) is 391 cm³/mol. The molecule has 0 amide bonds. The number of esters is 4. The summed E-state index contributed by atoms with van der Waals surface area (Å²) in [6.07, 6.45) is 59.8. The molecule has 570 valence electrons. The van der Waals surface area contributed by atoms with E-state index in [9.17, 15) is 43.2 Å². The van der Waals surface area contributed by atoms with Crippen molar-refractivity contribution in [1.29, 1.82) is 0 Å². The molecule has 0 aromatic rings. The van der Waals surface area contributed by atoms with Crippen LogP contribution in [-0.2, 0) is 65.4 Å². The van der Waals surface area contributed by atoms with E-state index in [2.05, 4.69) is 34.6 Å². The molecule has 0 aliphatic rings. The summed E-state index contributed by atoms with van der Waals surface area (Å²) in [6, 6.07) is 0. The van der Waals surface area contributed by atoms with Gasteiger partial charge in [0.25, 0.3) is 0 Å². The second kappa shape index (κ2) is 70.1. The molecule has 0 aliphatic carbocycles. The van der Waals surface area contributed by atoms with Crippen LogP contribution in [-0.4, -0.2) is 96.7 Å². The highest BCUT2D eigenvalue weighted by atomic mass is 31.2. The number of aliphatic hydroxyl groups is 1. The van der Waals surface area contributed by atoms with Crippen LogP contribution >= 0.6 is 15.6 Å². The van der Waals surface area contributed by atoms with Gasteiger partial charge in [-0.15, -0.1) is 0 Å². The lowest BCUT2D eigenvalue weighted by Crippen LogP contribution is -2.30. The summed E-state index contributed by atoms with van der Waals surface area (Å²) >= 11 is 0. The Kier molecular flexibility index (Phi) is 68.7. The quantitative estimate of drug-likeness (QED) is 0.0222. The highest BCUT2D eigenvalue weighted by molar-refractivity contribution is 7.47. The van der Waals surface area contributed by atoms with Gasteiger partial charge in [0, 0.05) is 25.7 Å². The monoisotopic (exact) mass is 1410 g/mol. The maximum atomic E-state index is 13.1. The number of hydrogen-bond acceptors (Lipinski definition) is 15. The Morgan fingerprint density at radius 2 is 0.479 bits per heavy atom. The number of aliphatic hydroxyl groups excluding tert-OH is 1. The van der Waals surface area contributed by atoms with E-state index in [1.54, 1.807) is 0 Å². The van der Waals surface area contributed by atoms with Gasteiger partial charge in [-0.25, -0.2) is 9.13 Å². The van der Waals surface area contributed by atoms with Crippen LogP contribution in [0, 0.1) is 5.92 Å². The zero-order valence-corrected chi connectivity index (χ0v) is 64.3. The van der Waals surface area contributed by atoms with E-state index in [1.165, 1.54) is 231 Å². The number of rotatable bonds is 77. The molecule has 0 radical (unpaired) electrons. The molecule has 5 atom stereocenters. The second-order valence-electron chi connectivity index (χ2n) is 28.2. The van der Waals surface area contributed by atoms with Crippen molar-refractivity contribution in [2.75, 3.05) is 39.6 Å². The van der Waals surface area contributed by atoms with E-state index in [0.717, 1.165) is 95.8 Å². The van der Waals surface area contributed by atoms with E-state index in [4.69, 9.17) is 37.0 Å². The maximum absolute atomic E-state index is 13.1. The van der Waals surface area contributed by atoms with Gasteiger partial charge in [-0.05, 0) is 31.6 Å². The number of phosphoric ester groups is 2. The molecule has 0 rings (SSSR count). The lowest BCUT2D eigenvalue weighted by atomic mass is 10.0. The van der Waals surface area contributed by atoms with E-state index in [-0.39, 0.29) is 25.7 Å². The number of ether oxygens (including phenoxy) is 4. The second-order valence-corrected chi connectivity index (χ2v) is 31.1. The summed E-state index contributed by atoms with van der Waals surface area (Å²) in [4.78, 5) is 72.8. The zero-order valence-electron chi connectivity index (χ0n) is 62.5. The average Bonchev–Trinajstić information content (AvgIpc) is 1.42. The number of unbranched alkanes of at least 4 members (excludes halogenated alkanes) is 49. The molecule has 19 heteroatoms. The highest BCUT2D eigenvalue weighted by Crippen LogP contribution is 2.45. The van der Waals surface area contributed by atoms with Gasteiger partial charge in [0.05, 0.1) is 26.4 Å². The van der Waals surface area contributed by atoms with Crippen molar-refractivity contribution in [3.8, 4) is 0 Å². The van der Waals surface area contributed by atoms with Crippen molar-refractivity contribution in [3.05, 3.63) is 0 Å². The van der Waals surface area contributed by atoms with Gasteiger partial charge in [0.1, 0.15) is 19.3 Å². The fourth-order valence-corrected chi connectivity index (χ4v) is 13.5. The molecule has 17 nitrogen and oxygen atoms in total. The van der Waals surface area contributed by atoms with Crippen LogP contribution in [0.25, 0.3) is 0 Å². The summed E-state index contributed by atoms with van der Waals surface area (Å²) in [7, 11) is -9.91. The summed E-state index contributed by atoms with van der Waals surface area (Å²) in [5, 5.41) is 10.6. The zero-order chi connectivity index (χ0) is 70.5. The number of carbonyl (C=O) groups is 4. The molecule has 0 saturated heterocycles. The van der Waals surface area contributed by atoms with Gasteiger partial charge in [0.15, 0.2) is 12.2 Å². The molecule has 0 heterocycles. The van der Waals surface area contributed by atoms with E-state index < -0.39 is 97.5 Å². The maximum Gasteiger partial charge on any atom is 0.472 e. The minimum absolute atomic E-state index is 0.105. The molecule has 0 fully saturated rings. The fourth-order valence-electron chi connectivity index (χ4n) is 11.9. The lowest BCUT2D eigenvalue weighted by Gasteiger charge is -2.21. The first-order valence-corrected chi connectivity index (χ1v) is 43.1. The highest BCUT2D eigenvalue weighted by Gasteiger charge is 2.30. The number of carbonyl (C=O) groups excluding carboxylic acids is 4.